The van der Waals surface area contributed by atoms with Crippen LogP contribution in [-0.4, -0.2) is 45.7 Å². The maximum absolute atomic E-state index is 12.3. The molecule has 2 heterocycles. The molecule has 29 heavy (non-hydrogen) atoms. The van der Waals surface area contributed by atoms with Gasteiger partial charge in [0.2, 0.25) is 5.91 Å². The van der Waals surface area contributed by atoms with Gasteiger partial charge in [0.05, 0.1) is 46.1 Å². The normalized spacial score (nSPS) is 16.5. The summed E-state index contributed by atoms with van der Waals surface area (Å²) in [5, 5.41) is 3.13. The second kappa shape index (κ2) is 9.35. The Balaban J connectivity index is 1.60. The topological polar surface area (TPSA) is 59.1 Å². The number of carbonyl (C=O) groups is 1. The zero-order valence-corrected chi connectivity index (χ0v) is 18.0. The Labute approximate surface area is 173 Å². The van der Waals surface area contributed by atoms with Crippen LogP contribution in [0.25, 0.3) is 0 Å². The van der Waals surface area contributed by atoms with E-state index in [1.54, 1.807) is 13.4 Å². The highest BCUT2D eigenvalue weighted by atomic mass is 16.5. The number of hydrogen-bond donors (Lipinski definition) is 2. The number of anilines is 1. The molecule has 1 saturated heterocycles. The number of benzene rings is 1. The van der Waals surface area contributed by atoms with E-state index >= 15 is 0 Å². The summed E-state index contributed by atoms with van der Waals surface area (Å²) < 4.78 is 11.0. The Kier molecular flexibility index (Phi) is 6.85. The maximum atomic E-state index is 12.3. The highest BCUT2D eigenvalue weighted by Gasteiger charge is 2.31. The van der Waals surface area contributed by atoms with E-state index in [9.17, 15) is 4.79 Å². The monoisotopic (exact) mass is 400 g/mol. The lowest BCUT2D eigenvalue weighted by Gasteiger charge is -2.37. The number of ether oxygens (including phenoxy) is 1. The third-order valence-corrected chi connectivity index (χ3v) is 5.42. The molecule has 2 aromatic rings. The number of furan rings is 1. The van der Waals surface area contributed by atoms with Crippen LogP contribution < -0.4 is 19.9 Å². The molecule has 1 fully saturated rings. The molecule has 2 N–H and O–H groups in total. The molecule has 3 rings (SSSR count). The number of piperazine rings is 1. The van der Waals surface area contributed by atoms with Gasteiger partial charge in [-0.2, -0.15) is 0 Å². The first-order chi connectivity index (χ1) is 13.9. The number of rotatable bonds is 7. The zero-order chi connectivity index (χ0) is 20.9. The van der Waals surface area contributed by atoms with Crippen LogP contribution in [0.15, 0.2) is 47.1 Å². The van der Waals surface area contributed by atoms with Gasteiger partial charge in [0.15, 0.2) is 11.8 Å². The summed E-state index contributed by atoms with van der Waals surface area (Å²) in [7, 11) is 1.69. The molecule has 158 valence electrons. The van der Waals surface area contributed by atoms with Crippen LogP contribution in [-0.2, 0) is 4.79 Å². The predicted molar refractivity (Wildman–Crippen MR) is 114 cm³/mol. The van der Waals surface area contributed by atoms with Gasteiger partial charge in [0, 0.05) is 12.1 Å². The molecular weight excluding hydrogens is 366 g/mol. The molecule has 0 aliphatic carbocycles. The molecule has 0 saturated carbocycles. The molecule has 6 heteroatoms. The largest absolute Gasteiger partial charge is 0.497 e. The number of quaternary nitrogens is 1. The van der Waals surface area contributed by atoms with Crippen molar-refractivity contribution in [3.05, 3.63) is 48.4 Å². The van der Waals surface area contributed by atoms with E-state index in [1.807, 2.05) is 24.3 Å². The molecule has 0 unspecified atom stereocenters. The van der Waals surface area contributed by atoms with Crippen molar-refractivity contribution < 1.29 is 18.8 Å². The number of methoxy groups -OCH3 is 1. The van der Waals surface area contributed by atoms with E-state index in [2.05, 4.69) is 43.1 Å². The molecule has 1 aromatic heterocycles. The van der Waals surface area contributed by atoms with Crippen molar-refractivity contribution in [3.63, 3.8) is 0 Å². The fourth-order valence-electron chi connectivity index (χ4n) is 3.89. The summed E-state index contributed by atoms with van der Waals surface area (Å²) in [6.45, 7) is 10.8. The molecule has 0 radical (unpaired) electrons. The van der Waals surface area contributed by atoms with Gasteiger partial charge in [0.25, 0.3) is 0 Å². The molecule has 1 atom stereocenters. The van der Waals surface area contributed by atoms with E-state index in [1.165, 1.54) is 10.6 Å². The van der Waals surface area contributed by atoms with E-state index in [-0.39, 0.29) is 17.4 Å². The van der Waals surface area contributed by atoms with Gasteiger partial charge in [-0.3, -0.25) is 4.79 Å². The lowest BCUT2D eigenvalue weighted by atomic mass is 9.92. The van der Waals surface area contributed by atoms with Crippen LogP contribution in [0.4, 0.5) is 5.69 Å². The number of hydrogen-bond acceptors (Lipinski definition) is 4. The van der Waals surface area contributed by atoms with Crippen molar-refractivity contribution in [2.45, 2.75) is 33.2 Å². The van der Waals surface area contributed by atoms with E-state index in [0.717, 1.165) is 37.7 Å². The summed E-state index contributed by atoms with van der Waals surface area (Å²) >= 11 is 0. The Bertz CT molecular complexity index is 758. The van der Waals surface area contributed by atoms with Gasteiger partial charge in [0.1, 0.15) is 5.75 Å². The summed E-state index contributed by atoms with van der Waals surface area (Å²) in [4.78, 5) is 16.2. The highest BCUT2D eigenvalue weighted by Crippen LogP contribution is 2.20. The first-order valence-electron chi connectivity index (χ1n) is 10.4. The minimum Gasteiger partial charge on any atom is -0.497 e. The van der Waals surface area contributed by atoms with Gasteiger partial charge in [-0.15, -0.1) is 0 Å². The molecule has 1 amide bonds. The lowest BCUT2D eigenvalue weighted by Crippen LogP contribution is -3.15. The van der Waals surface area contributed by atoms with Crippen molar-refractivity contribution in [3.8, 4) is 5.75 Å². The minimum absolute atomic E-state index is 0.0128. The van der Waals surface area contributed by atoms with Crippen LogP contribution in [0.2, 0.25) is 0 Å². The van der Waals surface area contributed by atoms with Crippen LogP contribution in [0.1, 0.15) is 39.0 Å². The number of amides is 1. The second-order valence-corrected chi connectivity index (χ2v) is 8.95. The van der Waals surface area contributed by atoms with Crippen LogP contribution in [0.3, 0.4) is 0 Å². The molecule has 1 aromatic carbocycles. The third kappa shape index (κ3) is 6.00. The zero-order valence-electron chi connectivity index (χ0n) is 18.0. The van der Waals surface area contributed by atoms with Crippen molar-refractivity contribution in [2.24, 2.45) is 5.41 Å². The Morgan fingerprint density at radius 1 is 1.21 bits per heavy atom. The molecule has 0 spiro atoms. The summed E-state index contributed by atoms with van der Waals surface area (Å²) in [5.74, 6) is 1.92. The molecule has 1 aliphatic heterocycles. The lowest BCUT2D eigenvalue weighted by molar-refractivity contribution is -0.932. The van der Waals surface area contributed by atoms with Gasteiger partial charge in [-0.25, -0.2) is 0 Å². The summed E-state index contributed by atoms with van der Waals surface area (Å²) in [6.07, 6.45) is 2.24. The number of carbonyl (C=O) groups excluding carboxylic acids is 1. The second-order valence-electron chi connectivity index (χ2n) is 8.95. The Hall–Kier alpha value is -2.47. The van der Waals surface area contributed by atoms with Crippen LogP contribution >= 0.6 is 0 Å². The first kappa shape index (κ1) is 21.2. The SMILES string of the molecule is COc1ccc(N2CC[NH+]([C@@H](CNC(=O)CC(C)(C)C)c3ccco3)CC2)cc1. The van der Waals surface area contributed by atoms with Gasteiger partial charge < -0.3 is 24.3 Å². The van der Waals surface area contributed by atoms with Crippen molar-refractivity contribution in [1.29, 1.82) is 0 Å². The molecule has 1 aliphatic rings. The number of nitrogens with one attached hydrogen (secondary N) is 2. The van der Waals surface area contributed by atoms with E-state index in [0.29, 0.717) is 13.0 Å². The van der Waals surface area contributed by atoms with Crippen molar-refractivity contribution >= 4 is 11.6 Å². The standard InChI is InChI=1S/C23H33N3O3/c1-23(2,3)16-22(27)24-17-20(21-6-5-15-29-21)26-13-11-25(12-14-26)18-7-9-19(28-4)10-8-18/h5-10,15,20H,11-14,16-17H2,1-4H3,(H,24,27)/p+1/t20-/m0/s1. The van der Waals surface area contributed by atoms with Gasteiger partial charge in [-0.05, 0) is 41.8 Å². The van der Waals surface area contributed by atoms with Gasteiger partial charge in [-0.1, -0.05) is 20.8 Å². The maximum Gasteiger partial charge on any atom is 0.220 e. The van der Waals surface area contributed by atoms with Crippen molar-refractivity contribution in [2.75, 3.05) is 44.7 Å². The first-order valence-corrected chi connectivity index (χ1v) is 10.4. The Morgan fingerprint density at radius 3 is 2.45 bits per heavy atom. The predicted octanol–water partition coefficient (Wildman–Crippen LogP) is 2.29. The van der Waals surface area contributed by atoms with Crippen molar-refractivity contribution in [1.82, 2.24) is 5.32 Å². The number of nitrogens with zero attached hydrogens (tertiary/aromatic N) is 1. The average Bonchev–Trinajstić information content (AvgIpc) is 3.22. The van der Waals surface area contributed by atoms with Gasteiger partial charge >= 0.3 is 0 Å². The highest BCUT2D eigenvalue weighted by molar-refractivity contribution is 5.76. The van der Waals surface area contributed by atoms with E-state index in [4.69, 9.17) is 9.15 Å². The van der Waals surface area contributed by atoms with Crippen LogP contribution in [0.5, 0.6) is 5.75 Å². The summed E-state index contributed by atoms with van der Waals surface area (Å²) in [5.41, 5.74) is 1.21. The molecule has 6 nitrogen and oxygen atoms in total. The average molecular weight is 401 g/mol. The minimum atomic E-state index is -0.0128. The van der Waals surface area contributed by atoms with E-state index < -0.39 is 0 Å². The molecule has 0 bridgehead atoms. The quantitative estimate of drug-likeness (QED) is 0.749. The third-order valence-electron chi connectivity index (χ3n) is 5.42. The van der Waals surface area contributed by atoms with Crippen LogP contribution in [0, 0.1) is 5.41 Å². The molecular formula is C23H34N3O3+. The summed E-state index contributed by atoms with van der Waals surface area (Å²) in [6, 6.07) is 12.3. The fraction of sp³-hybridized carbons (Fsp3) is 0.522. The fourth-order valence-corrected chi connectivity index (χ4v) is 3.89. The smallest absolute Gasteiger partial charge is 0.220 e. The Morgan fingerprint density at radius 2 is 1.90 bits per heavy atom.